The van der Waals surface area contributed by atoms with Crippen LogP contribution >= 0.6 is 11.8 Å². The summed E-state index contributed by atoms with van der Waals surface area (Å²) in [7, 11) is 0. The molecule has 1 heterocycles. The Balaban J connectivity index is 1.83. The number of nitrogens with one attached hydrogen (secondary N) is 1. The number of halogens is 4. The number of alkyl halides is 3. The van der Waals surface area contributed by atoms with Crippen molar-refractivity contribution in [2.45, 2.75) is 30.5 Å². The molecule has 0 aliphatic rings. The van der Waals surface area contributed by atoms with Gasteiger partial charge in [-0.15, -0.1) is 11.8 Å². The van der Waals surface area contributed by atoms with Gasteiger partial charge >= 0.3 is 6.18 Å². The smallest absolute Gasteiger partial charge is 0.352 e. The molecule has 0 saturated heterocycles. The number of carbonyl (C=O) groups is 1. The minimum atomic E-state index is -4.31. The standard InChI is InChI=1S/C18H18F4N2OS/c19-14-7-5-13(6-8-14)3-2-12-26-17-15(4-1-10-24-17)16(25)23-11-9-18(20,21)22/h1,4-8,10H,2-3,9,11-12H2,(H,23,25). The van der Waals surface area contributed by atoms with Crippen LogP contribution in [0.15, 0.2) is 47.6 Å². The van der Waals surface area contributed by atoms with E-state index < -0.39 is 25.0 Å². The second kappa shape index (κ2) is 9.56. The van der Waals surface area contributed by atoms with Gasteiger partial charge in [0.15, 0.2) is 0 Å². The van der Waals surface area contributed by atoms with Gasteiger partial charge in [-0.3, -0.25) is 4.79 Å². The van der Waals surface area contributed by atoms with Gasteiger partial charge in [0, 0.05) is 12.7 Å². The third kappa shape index (κ3) is 7.03. The van der Waals surface area contributed by atoms with Gasteiger partial charge in [0.25, 0.3) is 5.91 Å². The zero-order valence-corrected chi connectivity index (χ0v) is 14.7. The van der Waals surface area contributed by atoms with Gasteiger partial charge in [0.1, 0.15) is 10.8 Å². The molecule has 140 valence electrons. The van der Waals surface area contributed by atoms with E-state index in [-0.39, 0.29) is 11.4 Å². The summed E-state index contributed by atoms with van der Waals surface area (Å²) in [5.41, 5.74) is 1.28. The molecule has 0 unspecified atom stereocenters. The predicted octanol–water partition coefficient (Wildman–Crippen LogP) is 4.63. The molecule has 0 aliphatic carbocycles. The summed E-state index contributed by atoms with van der Waals surface area (Å²) in [5.74, 6) is -0.168. The topological polar surface area (TPSA) is 42.0 Å². The first-order valence-electron chi connectivity index (χ1n) is 8.02. The van der Waals surface area contributed by atoms with Crippen LogP contribution in [0, 0.1) is 5.82 Å². The molecule has 3 nitrogen and oxygen atoms in total. The third-order valence-corrected chi connectivity index (χ3v) is 4.56. The van der Waals surface area contributed by atoms with Crippen molar-refractivity contribution in [1.82, 2.24) is 10.3 Å². The van der Waals surface area contributed by atoms with E-state index >= 15 is 0 Å². The normalized spacial score (nSPS) is 11.4. The van der Waals surface area contributed by atoms with Gasteiger partial charge in [-0.25, -0.2) is 9.37 Å². The third-order valence-electron chi connectivity index (χ3n) is 3.47. The molecule has 26 heavy (non-hydrogen) atoms. The van der Waals surface area contributed by atoms with Crippen LogP contribution in [0.3, 0.4) is 0 Å². The highest BCUT2D eigenvalue weighted by Crippen LogP contribution is 2.22. The molecule has 8 heteroatoms. The first-order valence-corrected chi connectivity index (χ1v) is 9.01. The van der Waals surface area contributed by atoms with Crippen LogP contribution in [0.1, 0.15) is 28.8 Å². The van der Waals surface area contributed by atoms with Gasteiger partial charge < -0.3 is 5.32 Å². The second-order valence-corrected chi connectivity index (χ2v) is 6.64. The van der Waals surface area contributed by atoms with Crippen molar-refractivity contribution in [1.29, 1.82) is 0 Å². The van der Waals surface area contributed by atoms with Crippen molar-refractivity contribution in [3.05, 3.63) is 59.5 Å². The molecule has 0 aliphatic heterocycles. The number of carbonyl (C=O) groups excluding carboxylic acids is 1. The Morgan fingerprint density at radius 1 is 1.15 bits per heavy atom. The Morgan fingerprint density at radius 2 is 1.88 bits per heavy atom. The molecule has 2 rings (SSSR count). The molecule has 1 aromatic carbocycles. The molecule has 0 saturated carbocycles. The summed E-state index contributed by atoms with van der Waals surface area (Å²) in [6, 6.07) is 9.37. The highest BCUT2D eigenvalue weighted by atomic mass is 32.2. The summed E-state index contributed by atoms with van der Waals surface area (Å²) in [4.78, 5) is 16.2. The fraction of sp³-hybridized carbons (Fsp3) is 0.333. The fourth-order valence-corrected chi connectivity index (χ4v) is 3.12. The summed E-state index contributed by atoms with van der Waals surface area (Å²) in [5, 5.41) is 2.75. The van der Waals surface area contributed by atoms with Crippen LogP contribution in [0.2, 0.25) is 0 Å². The quantitative estimate of drug-likeness (QED) is 0.409. The molecule has 0 spiro atoms. The van der Waals surface area contributed by atoms with E-state index in [1.807, 2.05) is 0 Å². The van der Waals surface area contributed by atoms with Crippen molar-refractivity contribution in [3.8, 4) is 0 Å². The highest BCUT2D eigenvalue weighted by Gasteiger charge is 2.26. The molecule has 1 aromatic heterocycles. The number of thioether (sulfide) groups is 1. The summed E-state index contributed by atoms with van der Waals surface area (Å²) in [6.07, 6.45) is -2.29. The lowest BCUT2D eigenvalue weighted by molar-refractivity contribution is -0.132. The molecular weight excluding hydrogens is 368 g/mol. The van der Waals surface area contributed by atoms with Crippen LogP contribution in [-0.2, 0) is 6.42 Å². The SMILES string of the molecule is O=C(NCCC(F)(F)F)c1cccnc1SCCCc1ccc(F)cc1. The van der Waals surface area contributed by atoms with Gasteiger partial charge in [0.05, 0.1) is 12.0 Å². The van der Waals surface area contributed by atoms with Gasteiger partial charge in [-0.05, 0) is 48.4 Å². The lowest BCUT2D eigenvalue weighted by Crippen LogP contribution is -2.28. The predicted molar refractivity (Wildman–Crippen MR) is 92.7 cm³/mol. The number of rotatable bonds is 8. The molecule has 1 N–H and O–H groups in total. The van der Waals surface area contributed by atoms with E-state index in [2.05, 4.69) is 10.3 Å². The lowest BCUT2D eigenvalue weighted by Gasteiger charge is -2.10. The van der Waals surface area contributed by atoms with Crippen LogP contribution in [-0.4, -0.2) is 29.4 Å². The zero-order chi connectivity index (χ0) is 19.0. The maximum absolute atomic E-state index is 12.9. The first kappa shape index (κ1) is 20.2. The maximum atomic E-state index is 12.9. The largest absolute Gasteiger partial charge is 0.390 e. The lowest BCUT2D eigenvalue weighted by atomic mass is 10.1. The number of amides is 1. The highest BCUT2D eigenvalue weighted by molar-refractivity contribution is 7.99. The Hall–Kier alpha value is -2.09. The average Bonchev–Trinajstić information content (AvgIpc) is 2.59. The molecule has 0 atom stereocenters. The maximum Gasteiger partial charge on any atom is 0.390 e. The molecule has 0 radical (unpaired) electrons. The monoisotopic (exact) mass is 386 g/mol. The van der Waals surface area contributed by atoms with Crippen molar-refractivity contribution in [3.63, 3.8) is 0 Å². The summed E-state index contributed by atoms with van der Waals surface area (Å²) in [6.45, 7) is -0.466. The zero-order valence-electron chi connectivity index (χ0n) is 13.9. The van der Waals surface area contributed by atoms with Crippen molar-refractivity contribution < 1.29 is 22.4 Å². The number of hydrogen-bond acceptors (Lipinski definition) is 3. The van der Waals surface area contributed by atoms with Crippen molar-refractivity contribution in [2.75, 3.05) is 12.3 Å². The average molecular weight is 386 g/mol. The van der Waals surface area contributed by atoms with Crippen molar-refractivity contribution in [2.24, 2.45) is 0 Å². The van der Waals surface area contributed by atoms with Crippen LogP contribution in [0.5, 0.6) is 0 Å². The van der Waals surface area contributed by atoms with Crippen LogP contribution in [0.4, 0.5) is 17.6 Å². The fourth-order valence-electron chi connectivity index (χ4n) is 2.19. The minimum absolute atomic E-state index is 0.265. The van der Waals surface area contributed by atoms with Gasteiger partial charge in [-0.1, -0.05) is 12.1 Å². The number of nitrogens with zero attached hydrogens (tertiary/aromatic N) is 1. The van der Waals surface area contributed by atoms with Gasteiger partial charge in [0.2, 0.25) is 0 Å². The Kier molecular flexibility index (Phi) is 7.44. The van der Waals surface area contributed by atoms with E-state index in [1.165, 1.54) is 36.2 Å². The Bertz CT molecular complexity index is 720. The van der Waals surface area contributed by atoms with E-state index in [0.29, 0.717) is 10.8 Å². The van der Waals surface area contributed by atoms with Crippen LogP contribution < -0.4 is 5.32 Å². The number of aromatic nitrogens is 1. The summed E-state index contributed by atoms with van der Waals surface area (Å²) >= 11 is 1.37. The summed E-state index contributed by atoms with van der Waals surface area (Å²) < 4.78 is 49.4. The Morgan fingerprint density at radius 3 is 2.58 bits per heavy atom. The Labute approximate surface area is 153 Å². The molecule has 0 bridgehead atoms. The van der Waals surface area contributed by atoms with Crippen molar-refractivity contribution >= 4 is 17.7 Å². The van der Waals surface area contributed by atoms with Crippen LogP contribution in [0.25, 0.3) is 0 Å². The first-order chi connectivity index (χ1) is 12.3. The van der Waals surface area contributed by atoms with E-state index in [1.54, 1.807) is 18.2 Å². The second-order valence-electron chi connectivity index (χ2n) is 5.56. The number of pyridine rings is 1. The molecule has 1 amide bonds. The number of hydrogen-bond donors (Lipinski definition) is 1. The van der Waals surface area contributed by atoms with E-state index in [9.17, 15) is 22.4 Å². The van der Waals surface area contributed by atoms with Gasteiger partial charge in [-0.2, -0.15) is 13.2 Å². The number of aryl methyl sites for hydroxylation is 1. The van der Waals surface area contributed by atoms with E-state index in [0.717, 1.165) is 18.4 Å². The minimum Gasteiger partial charge on any atom is -0.352 e. The molecule has 2 aromatic rings. The van der Waals surface area contributed by atoms with E-state index in [4.69, 9.17) is 0 Å². The molecular formula is C18H18F4N2OS. The molecule has 0 fully saturated rings. The number of benzene rings is 1.